The maximum Gasteiger partial charge on any atom is 0.311 e. The van der Waals surface area contributed by atoms with E-state index in [9.17, 15) is 9.59 Å². The average Bonchev–Trinajstić information content (AvgIpc) is 3.13. The van der Waals surface area contributed by atoms with Crippen LogP contribution in [0, 0.1) is 0 Å². The molecule has 1 unspecified atom stereocenters. The highest BCUT2D eigenvalue weighted by Gasteiger charge is 2.17. The Morgan fingerprint density at radius 2 is 2.10 bits per heavy atom. The van der Waals surface area contributed by atoms with Crippen LogP contribution in [0.3, 0.4) is 0 Å². The van der Waals surface area contributed by atoms with E-state index in [0.29, 0.717) is 22.6 Å². The third-order valence-corrected chi connectivity index (χ3v) is 5.57. The van der Waals surface area contributed by atoms with Crippen molar-refractivity contribution in [3.05, 3.63) is 58.7 Å². The summed E-state index contributed by atoms with van der Waals surface area (Å²) in [5, 5.41) is 8.87. The monoisotopic (exact) mass is 430 g/mol. The van der Waals surface area contributed by atoms with Gasteiger partial charge in [0.2, 0.25) is 5.91 Å². The van der Waals surface area contributed by atoms with Gasteiger partial charge in [0.1, 0.15) is 0 Å². The summed E-state index contributed by atoms with van der Waals surface area (Å²) in [6, 6.07) is 9.96. The standard InChI is InChI=1S/C20H22N4O3S2/c1-3-27-18(26)10-15-11-28-20(22-15)24-17(25)12-29-19-21-13(2)9-16(23-19)14-7-5-4-6-8-14/h4-9,11,16H,3,10,12H2,1-2H3,(H,21,23)(H,22,24,25). The fourth-order valence-corrected chi connectivity index (χ4v) is 4.12. The van der Waals surface area contributed by atoms with Crippen LogP contribution < -0.4 is 10.6 Å². The molecule has 2 N–H and O–H groups in total. The van der Waals surface area contributed by atoms with E-state index in [-0.39, 0.29) is 30.1 Å². The molecule has 29 heavy (non-hydrogen) atoms. The number of aliphatic imine (C=N–C) groups is 1. The Kier molecular flexibility index (Phi) is 7.42. The molecule has 152 valence electrons. The first kappa shape index (κ1) is 21.1. The summed E-state index contributed by atoms with van der Waals surface area (Å²) in [6.45, 7) is 4.07. The number of esters is 1. The number of amidine groups is 1. The summed E-state index contributed by atoms with van der Waals surface area (Å²) in [5.74, 6) is -0.308. The number of benzene rings is 1. The lowest BCUT2D eigenvalue weighted by Gasteiger charge is -2.20. The Hall–Kier alpha value is -2.65. The van der Waals surface area contributed by atoms with Gasteiger partial charge in [0, 0.05) is 11.1 Å². The highest BCUT2D eigenvalue weighted by atomic mass is 32.2. The summed E-state index contributed by atoms with van der Waals surface area (Å²) < 4.78 is 4.90. The molecule has 0 saturated carbocycles. The van der Waals surface area contributed by atoms with Crippen LogP contribution in [0.15, 0.2) is 52.5 Å². The maximum atomic E-state index is 12.3. The van der Waals surface area contributed by atoms with E-state index < -0.39 is 0 Å². The second kappa shape index (κ2) is 10.2. The molecule has 0 fully saturated rings. The Morgan fingerprint density at radius 3 is 2.86 bits per heavy atom. The molecule has 1 aromatic carbocycles. The number of ether oxygens (including phenoxy) is 1. The summed E-state index contributed by atoms with van der Waals surface area (Å²) in [4.78, 5) is 32.7. The number of carbonyl (C=O) groups excluding carboxylic acids is 2. The van der Waals surface area contributed by atoms with Gasteiger partial charge in [-0.15, -0.1) is 11.3 Å². The third-order valence-electron chi connectivity index (χ3n) is 3.88. The lowest BCUT2D eigenvalue weighted by molar-refractivity contribution is -0.142. The summed E-state index contributed by atoms with van der Waals surface area (Å²) in [7, 11) is 0. The number of carbonyl (C=O) groups is 2. The number of rotatable bonds is 7. The molecule has 3 rings (SSSR count). The number of hydrogen-bond acceptors (Lipinski definition) is 8. The van der Waals surface area contributed by atoms with E-state index in [2.05, 4.69) is 26.7 Å². The highest BCUT2D eigenvalue weighted by molar-refractivity contribution is 8.14. The van der Waals surface area contributed by atoms with Crippen LogP contribution >= 0.6 is 23.1 Å². The number of anilines is 1. The van der Waals surface area contributed by atoms with Crippen molar-refractivity contribution >= 4 is 45.3 Å². The van der Waals surface area contributed by atoms with E-state index in [0.717, 1.165) is 11.3 Å². The average molecular weight is 431 g/mol. The minimum absolute atomic E-state index is 0.0626. The van der Waals surface area contributed by atoms with Gasteiger partial charge in [-0.25, -0.2) is 9.98 Å². The van der Waals surface area contributed by atoms with Gasteiger partial charge < -0.3 is 15.4 Å². The van der Waals surface area contributed by atoms with Crippen molar-refractivity contribution in [1.29, 1.82) is 0 Å². The topological polar surface area (TPSA) is 92.7 Å². The third kappa shape index (κ3) is 6.43. The minimum atomic E-state index is -0.330. The quantitative estimate of drug-likeness (QED) is 0.653. The predicted octanol–water partition coefficient (Wildman–Crippen LogP) is 3.52. The van der Waals surface area contributed by atoms with Crippen LogP contribution in [0.5, 0.6) is 0 Å². The van der Waals surface area contributed by atoms with Crippen molar-refractivity contribution < 1.29 is 14.3 Å². The highest BCUT2D eigenvalue weighted by Crippen LogP contribution is 2.25. The van der Waals surface area contributed by atoms with Crippen molar-refractivity contribution in [1.82, 2.24) is 10.3 Å². The Morgan fingerprint density at radius 1 is 1.31 bits per heavy atom. The summed E-state index contributed by atoms with van der Waals surface area (Å²) in [5.41, 5.74) is 2.69. The number of thioether (sulfide) groups is 1. The van der Waals surface area contributed by atoms with Gasteiger partial charge in [-0.2, -0.15) is 0 Å². The molecule has 0 bridgehead atoms. The summed E-state index contributed by atoms with van der Waals surface area (Å²) >= 11 is 2.62. The number of allylic oxidation sites excluding steroid dienone is 1. The molecular weight excluding hydrogens is 408 g/mol. The van der Waals surface area contributed by atoms with Crippen LogP contribution in [0.25, 0.3) is 0 Å². The first-order chi connectivity index (χ1) is 14.0. The Balaban J connectivity index is 1.52. The van der Waals surface area contributed by atoms with E-state index in [1.54, 1.807) is 12.3 Å². The van der Waals surface area contributed by atoms with E-state index in [1.807, 2.05) is 37.3 Å². The molecule has 0 spiro atoms. The molecule has 1 amide bonds. The maximum absolute atomic E-state index is 12.3. The van der Waals surface area contributed by atoms with E-state index >= 15 is 0 Å². The van der Waals surface area contributed by atoms with E-state index in [1.165, 1.54) is 23.1 Å². The van der Waals surface area contributed by atoms with Crippen molar-refractivity contribution in [2.45, 2.75) is 26.3 Å². The number of hydrogen-bond donors (Lipinski definition) is 2. The van der Waals surface area contributed by atoms with Crippen LogP contribution in [0.1, 0.15) is 31.1 Å². The molecule has 1 atom stereocenters. The van der Waals surface area contributed by atoms with Crippen molar-refractivity contribution in [3.8, 4) is 0 Å². The number of aromatic nitrogens is 1. The van der Waals surface area contributed by atoms with Crippen molar-refractivity contribution in [2.24, 2.45) is 4.99 Å². The SMILES string of the molecule is CCOC(=O)Cc1csc(NC(=O)CSC2=NC(c3ccccc3)C=C(C)N2)n1. The zero-order valence-electron chi connectivity index (χ0n) is 16.2. The van der Waals surface area contributed by atoms with Crippen molar-refractivity contribution in [3.63, 3.8) is 0 Å². The number of amides is 1. The first-order valence-corrected chi connectivity index (χ1v) is 11.0. The van der Waals surface area contributed by atoms with Crippen LogP contribution in [0.4, 0.5) is 5.13 Å². The molecule has 1 aromatic heterocycles. The molecule has 2 aromatic rings. The molecule has 2 heterocycles. The fourth-order valence-electron chi connectivity index (χ4n) is 2.63. The largest absolute Gasteiger partial charge is 0.466 e. The van der Waals surface area contributed by atoms with Crippen LogP contribution in [-0.2, 0) is 20.7 Å². The second-order valence-electron chi connectivity index (χ2n) is 6.23. The predicted molar refractivity (Wildman–Crippen MR) is 117 cm³/mol. The van der Waals surface area contributed by atoms with Gasteiger partial charge >= 0.3 is 5.97 Å². The number of thiazole rings is 1. The Bertz CT molecular complexity index is 925. The lowest BCUT2D eigenvalue weighted by atomic mass is 10.1. The Labute approximate surface area is 177 Å². The van der Waals surface area contributed by atoms with E-state index in [4.69, 9.17) is 4.74 Å². The van der Waals surface area contributed by atoms with Crippen molar-refractivity contribution in [2.75, 3.05) is 17.7 Å². The van der Waals surface area contributed by atoms with Gasteiger partial charge in [0.05, 0.1) is 30.5 Å². The molecule has 9 heteroatoms. The molecular formula is C20H22N4O3S2. The molecule has 1 aliphatic rings. The van der Waals surface area contributed by atoms with Crippen LogP contribution in [-0.4, -0.2) is 34.4 Å². The van der Waals surface area contributed by atoms with Gasteiger partial charge in [0.25, 0.3) is 0 Å². The first-order valence-electron chi connectivity index (χ1n) is 9.14. The molecule has 0 radical (unpaired) electrons. The smallest absolute Gasteiger partial charge is 0.311 e. The molecule has 0 aliphatic carbocycles. The van der Waals surface area contributed by atoms with Gasteiger partial charge in [0.15, 0.2) is 10.3 Å². The van der Waals surface area contributed by atoms with Gasteiger partial charge in [-0.3, -0.25) is 9.59 Å². The number of nitrogens with zero attached hydrogens (tertiary/aromatic N) is 2. The lowest BCUT2D eigenvalue weighted by Crippen LogP contribution is -2.25. The minimum Gasteiger partial charge on any atom is -0.466 e. The molecule has 7 nitrogen and oxygen atoms in total. The second-order valence-corrected chi connectivity index (χ2v) is 8.05. The van der Waals surface area contributed by atoms with Crippen LogP contribution in [0.2, 0.25) is 0 Å². The fraction of sp³-hybridized carbons (Fsp3) is 0.300. The van der Waals surface area contributed by atoms with Gasteiger partial charge in [-0.05, 0) is 25.5 Å². The zero-order valence-corrected chi connectivity index (χ0v) is 17.8. The molecule has 0 saturated heterocycles. The molecule has 1 aliphatic heterocycles. The zero-order chi connectivity index (χ0) is 20.6. The number of nitrogens with one attached hydrogen (secondary N) is 2. The van der Waals surface area contributed by atoms with Gasteiger partial charge in [-0.1, -0.05) is 42.1 Å². The normalized spacial score (nSPS) is 15.7. The summed E-state index contributed by atoms with van der Waals surface area (Å²) in [6.07, 6.45) is 2.16.